The molecule has 0 spiro atoms. The normalized spacial score (nSPS) is 31.2. The molecule has 4 nitrogen and oxygen atoms in total. The predicted octanol–water partition coefficient (Wildman–Crippen LogP) is 2.20. The summed E-state index contributed by atoms with van der Waals surface area (Å²) < 4.78 is 37.1. The van der Waals surface area contributed by atoms with Crippen LogP contribution in [0.15, 0.2) is 60.7 Å². The second kappa shape index (κ2) is 5.86. The minimum atomic E-state index is -3.04. The summed E-state index contributed by atoms with van der Waals surface area (Å²) in [7, 11) is -6.08. The van der Waals surface area contributed by atoms with Gasteiger partial charge in [-0.3, -0.25) is 0 Å². The maximum absolute atomic E-state index is 13.0. The monoisotopic (exact) mass is 504 g/mol. The van der Waals surface area contributed by atoms with E-state index in [0.29, 0.717) is 10.6 Å². The molecule has 2 atom stereocenters. The van der Waals surface area contributed by atoms with Gasteiger partial charge in [-0.05, 0) is 0 Å². The summed E-state index contributed by atoms with van der Waals surface area (Å²) in [4.78, 5) is 0. The molecule has 1 aliphatic heterocycles. The Hall–Kier alpha value is -0.258. The minimum absolute atomic E-state index is 0.0337. The van der Waals surface area contributed by atoms with E-state index in [1.54, 1.807) is 24.3 Å². The van der Waals surface area contributed by atoms with Crippen molar-refractivity contribution in [3.05, 3.63) is 60.7 Å². The quantitative estimate of drug-likeness (QED) is 0.466. The second-order valence-electron chi connectivity index (χ2n) is 4.54. The van der Waals surface area contributed by atoms with Gasteiger partial charge in [0.15, 0.2) is 0 Å². The fourth-order valence-electron chi connectivity index (χ4n) is 2.14. The van der Waals surface area contributed by atoms with Gasteiger partial charge in [-0.25, -0.2) is 0 Å². The van der Waals surface area contributed by atoms with Crippen molar-refractivity contribution in [3.63, 3.8) is 0 Å². The van der Waals surface area contributed by atoms with Crippen molar-refractivity contribution in [2.75, 3.05) is 5.90 Å². The van der Waals surface area contributed by atoms with Crippen LogP contribution < -0.4 is 10.6 Å². The third kappa shape index (κ3) is 2.85. The standard InChI is InChI=1S/C13H14O4P2.Pb.2H/c14-18(15,12-7-3-1-4-8-12)11-19(16,17)13-9-5-2-6-10-13;;;/h1-10H,11H2,(H,14,15)(H,16,17);;;/q;+2;;/p-2. The Morgan fingerprint density at radius 3 is 1.55 bits per heavy atom. The molecule has 20 heavy (non-hydrogen) atoms. The molecule has 1 aliphatic rings. The van der Waals surface area contributed by atoms with Crippen LogP contribution in [-0.4, -0.2) is 31.0 Å². The molecule has 1 fully saturated rings. The number of rotatable bonds is 2. The topological polar surface area (TPSA) is 52.6 Å². The zero-order valence-corrected chi connectivity index (χ0v) is 18.0. The summed E-state index contributed by atoms with van der Waals surface area (Å²) in [5, 5.41) is 1.28. The Labute approximate surface area is 130 Å². The molecule has 0 radical (unpaired) electrons. The van der Waals surface area contributed by atoms with Crippen molar-refractivity contribution < 1.29 is 14.1 Å². The van der Waals surface area contributed by atoms with E-state index in [9.17, 15) is 9.13 Å². The van der Waals surface area contributed by atoms with Gasteiger partial charge in [-0.2, -0.15) is 0 Å². The maximum atomic E-state index is 13.0. The first-order chi connectivity index (χ1) is 9.62. The molecule has 104 valence electrons. The third-order valence-electron chi connectivity index (χ3n) is 3.19. The van der Waals surface area contributed by atoms with Crippen LogP contribution >= 0.6 is 14.7 Å². The van der Waals surface area contributed by atoms with Crippen molar-refractivity contribution in [2.45, 2.75) is 0 Å². The van der Waals surface area contributed by atoms with E-state index in [-0.39, 0.29) is 5.90 Å². The Kier molecular flexibility index (Phi) is 4.29. The van der Waals surface area contributed by atoms with Gasteiger partial charge in [-0.1, -0.05) is 0 Å². The van der Waals surface area contributed by atoms with Crippen LogP contribution in [0.2, 0.25) is 0 Å². The molecule has 1 heterocycles. The van der Waals surface area contributed by atoms with Gasteiger partial charge in [0.05, 0.1) is 0 Å². The SMILES string of the molecule is O=P1(c2ccccc2)CP(=O)(c2ccccc2)[O][PbH2][O]1. The van der Waals surface area contributed by atoms with Crippen molar-refractivity contribution in [1.82, 2.24) is 0 Å². The Bertz CT molecular complexity index is 631. The van der Waals surface area contributed by atoms with Crippen LogP contribution in [0.3, 0.4) is 0 Å². The summed E-state index contributed by atoms with van der Waals surface area (Å²) in [6.07, 6.45) is 0. The average Bonchev–Trinajstić information content (AvgIpc) is 2.49. The molecule has 2 unspecified atom stereocenters. The van der Waals surface area contributed by atoms with Gasteiger partial charge in [0, 0.05) is 0 Å². The molecule has 0 bridgehead atoms. The molecule has 0 aromatic heterocycles. The molecule has 7 heteroatoms. The number of hydrogen-bond acceptors (Lipinski definition) is 4. The molecule has 0 saturated carbocycles. The molecular formula is C13H14O4P2Pb. The van der Waals surface area contributed by atoms with E-state index in [2.05, 4.69) is 0 Å². The summed E-state index contributed by atoms with van der Waals surface area (Å²) in [5.41, 5.74) is 0. The van der Waals surface area contributed by atoms with Crippen molar-refractivity contribution in [1.29, 1.82) is 0 Å². The molecule has 2 aromatic carbocycles. The Morgan fingerprint density at radius 1 is 0.750 bits per heavy atom. The zero-order chi connectivity index (χ0) is 14.1. The zero-order valence-electron chi connectivity index (χ0n) is 10.7. The molecule has 0 N–H and O–H groups in total. The van der Waals surface area contributed by atoms with Gasteiger partial charge in [0.2, 0.25) is 0 Å². The van der Waals surface area contributed by atoms with E-state index >= 15 is 0 Å². The van der Waals surface area contributed by atoms with E-state index in [0.717, 1.165) is 0 Å². The van der Waals surface area contributed by atoms with Gasteiger partial charge in [0.25, 0.3) is 0 Å². The summed E-state index contributed by atoms with van der Waals surface area (Å²) in [5.74, 6) is -0.0337. The number of hydrogen-bond donors (Lipinski definition) is 0. The molecule has 0 aliphatic carbocycles. The van der Waals surface area contributed by atoms with Crippen molar-refractivity contribution in [2.24, 2.45) is 0 Å². The van der Waals surface area contributed by atoms with Crippen LogP contribution in [-0.2, 0) is 14.1 Å². The molecule has 0 amide bonds. The van der Waals surface area contributed by atoms with Crippen LogP contribution in [0.5, 0.6) is 0 Å². The summed E-state index contributed by atoms with van der Waals surface area (Å²) >= 11 is -2.30. The second-order valence-corrected chi connectivity index (χ2v) is 16.8. The molecule has 1 saturated heterocycles. The predicted molar refractivity (Wildman–Crippen MR) is 82.9 cm³/mol. The van der Waals surface area contributed by atoms with Crippen LogP contribution in [0.25, 0.3) is 0 Å². The fourth-order valence-corrected chi connectivity index (χ4v) is 23.0. The molecule has 2 aromatic rings. The fraction of sp³-hybridized carbons (Fsp3) is 0.0769. The van der Waals surface area contributed by atoms with E-state index in [4.69, 9.17) is 4.95 Å². The van der Waals surface area contributed by atoms with Gasteiger partial charge >= 0.3 is 131 Å². The average molecular weight is 503 g/mol. The Morgan fingerprint density at radius 2 is 1.15 bits per heavy atom. The van der Waals surface area contributed by atoms with Gasteiger partial charge < -0.3 is 0 Å². The van der Waals surface area contributed by atoms with E-state index in [1.165, 1.54) is 0 Å². The Balaban J connectivity index is 1.99. The summed E-state index contributed by atoms with van der Waals surface area (Å²) in [6.45, 7) is 0. The van der Waals surface area contributed by atoms with Crippen LogP contribution in [0.1, 0.15) is 0 Å². The van der Waals surface area contributed by atoms with Crippen molar-refractivity contribution in [3.8, 4) is 0 Å². The molecule has 3 rings (SSSR count). The van der Waals surface area contributed by atoms with Crippen molar-refractivity contribution >= 4 is 50.5 Å². The first kappa shape index (κ1) is 14.7. The third-order valence-corrected chi connectivity index (χ3v) is 21.6. The molecular weight excluding hydrogens is 489 g/mol. The van der Waals surface area contributed by atoms with Crippen LogP contribution in [0, 0.1) is 0 Å². The van der Waals surface area contributed by atoms with Gasteiger partial charge in [0.1, 0.15) is 0 Å². The first-order valence-corrected chi connectivity index (χ1v) is 14.3. The van der Waals surface area contributed by atoms with E-state index in [1.807, 2.05) is 36.4 Å². The first-order valence-electron chi connectivity index (χ1n) is 6.21. The number of benzene rings is 2. The van der Waals surface area contributed by atoms with E-state index < -0.39 is 39.9 Å². The summed E-state index contributed by atoms with van der Waals surface area (Å²) in [6, 6.07) is 18.1. The van der Waals surface area contributed by atoms with Crippen LogP contribution in [0.4, 0.5) is 0 Å². The van der Waals surface area contributed by atoms with Gasteiger partial charge in [-0.15, -0.1) is 0 Å².